The van der Waals surface area contributed by atoms with Crippen molar-refractivity contribution in [2.24, 2.45) is 5.73 Å². The summed E-state index contributed by atoms with van der Waals surface area (Å²) in [5.74, 6) is 0.674. The maximum atomic E-state index is 8.39. The SMILES string of the molecule is CC(N)c1ccc(OCCCCC#N)c(Cl)c1. The highest BCUT2D eigenvalue weighted by atomic mass is 35.5. The van der Waals surface area contributed by atoms with Gasteiger partial charge in [0.05, 0.1) is 17.7 Å². The van der Waals surface area contributed by atoms with Crippen molar-refractivity contribution < 1.29 is 4.74 Å². The molecule has 0 amide bonds. The number of halogens is 1. The van der Waals surface area contributed by atoms with Crippen LogP contribution in [-0.4, -0.2) is 6.61 Å². The maximum absolute atomic E-state index is 8.39. The molecular formula is C13H17ClN2O. The third kappa shape index (κ3) is 4.64. The van der Waals surface area contributed by atoms with Crippen molar-refractivity contribution in [2.45, 2.75) is 32.2 Å². The van der Waals surface area contributed by atoms with Crippen molar-refractivity contribution in [3.05, 3.63) is 28.8 Å². The van der Waals surface area contributed by atoms with Crippen molar-refractivity contribution in [1.82, 2.24) is 0 Å². The van der Waals surface area contributed by atoms with Crippen LogP contribution in [0.3, 0.4) is 0 Å². The van der Waals surface area contributed by atoms with Gasteiger partial charge in [-0.2, -0.15) is 5.26 Å². The number of hydrogen-bond acceptors (Lipinski definition) is 3. The second-order valence-electron chi connectivity index (χ2n) is 3.94. The molecule has 0 aliphatic heterocycles. The van der Waals surface area contributed by atoms with Crippen molar-refractivity contribution in [3.63, 3.8) is 0 Å². The van der Waals surface area contributed by atoms with Crippen LogP contribution in [0.25, 0.3) is 0 Å². The van der Waals surface area contributed by atoms with Crippen LogP contribution in [-0.2, 0) is 0 Å². The average molecular weight is 253 g/mol. The molecule has 0 aromatic heterocycles. The van der Waals surface area contributed by atoms with Crippen molar-refractivity contribution in [2.75, 3.05) is 6.61 Å². The number of hydrogen-bond donors (Lipinski definition) is 1. The molecule has 0 radical (unpaired) electrons. The lowest BCUT2D eigenvalue weighted by atomic mass is 10.1. The van der Waals surface area contributed by atoms with E-state index in [-0.39, 0.29) is 6.04 Å². The molecule has 17 heavy (non-hydrogen) atoms. The van der Waals surface area contributed by atoms with Crippen molar-refractivity contribution in [1.29, 1.82) is 5.26 Å². The predicted molar refractivity (Wildman–Crippen MR) is 69.0 cm³/mol. The summed E-state index contributed by atoms with van der Waals surface area (Å²) in [4.78, 5) is 0. The molecule has 1 aromatic rings. The van der Waals surface area contributed by atoms with Crippen LogP contribution in [0.1, 0.15) is 37.8 Å². The number of unbranched alkanes of at least 4 members (excludes halogenated alkanes) is 2. The molecule has 0 heterocycles. The normalized spacial score (nSPS) is 11.9. The van der Waals surface area contributed by atoms with Crippen LogP contribution >= 0.6 is 11.6 Å². The lowest BCUT2D eigenvalue weighted by Crippen LogP contribution is -2.05. The summed E-state index contributed by atoms with van der Waals surface area (Å²) in [5.41, 5.74) is 6.75. The monoisotopic (exact) mass is 252 g/mol. The molecule has 0 aliphatic carbocycles. The Morgan fingerprint density at radius 2 is 2.24 bits per heavy atom. The minimum absolute atomic E-state index is 0.0304. The first-order chi connectivity index (χ1) is 8.15. The Labute approximate surface area is 107 Å². The van der Waals surface area contributed by atoms with Crippen LogP contribution in [0.4, 0.5) is 0 Å². The molecule has 4 heteroatoms. The first kappa shape index (κ1) is 13.8. The lowest BCUT2D eigenvalue weighted by Gasteiger charge is -2.10. The zero-order chi connectivity index (χ0) is 12.7. The van der Waals surface area contributed by atoms with Gasteiger partial charge in [0, 0.05) is 12.5 Å². The van der Waals surface area contributed by atoms with Crippen LogP contribution < -0.4 is 10.5 Å². The number of nitrogens with zero attached hydrogens (tertiary/aromatic N) is 1. The van der Waals surface area contributed by atoms with E-state index in [0.29, 0.717) is 23.8 Å². The highest BCUT2D eigenvalue weighted by Gasteiger charge is 2.05. The Kier molecular flexibility index (Phi) is 5.82. The number of benzene rings is 1. The van der Waals surface area contributed by atoms with E-state index < -0.39 is 0 Å². The quantitative estimate of drug-likeness (QED) is 0.789. The fourth-order valence-corrected chi connectivity index (χ4v) is 1.65. The zero-order valence-corrected chi connectivity index (χ0v) is 10.7. The summed E-state index contributed by atoms with van der Waals surface area (Å²) in [6, 6.07) is 7.66. The van der Waals surface area contributed by atoms with E-state index in [1.165, 1.54) is 0 Å². The molecule has 0 bridgehead atoms. The predicted octanol–water partition coefficient (Wildman–Crippen LogP) is 3.43. The summed E-state index contributed by atoms with van der Waals surface area (Å²) in [6.45, 7) is 2.49. The maximum Gasteiger partial charge on any atom is 0.137 e. The van der Waals surface area contributed by atoms with E-state index in [0.717, 1.165) is 18.4 Å². The van der Waals surface area contributed by atoms with Crippen LogP contribution in [0, 0.1) is 11.3 Å². The van der Waals surface area contributed by atoms with Crippen molar-refractivity contribution in [3.8, 4) is 11.8 Å². The summed E-state index contributed by atoms with van der Waals surface area (Å²) >= 11 is 6.08. The number of ether oxygens (including phenoxy) is 1. The third-order valence-corrected chi connectivity index (χ3v) is 2.72. The smallest absolute Gasteiger partial charge is 0.137 e. The Morgan fingerprint density at radius 3 is 2.82 bits per heavy atom. The Bertz CT molecular complexity index is 399. The van der Waals surface area contributed by atoms with Gasteiger partial charge in [0.15, 0.2) is 0 Å². The highest BCUT2D eigenvalue weighted by molar-refractivity contribution is 6.32. The largest absolute Gasteiger partial charge is 0.492 e. The Morgan fingerprint density at radius 1 is 1.47 bits per heavy atom. The van der Waals surface area contributed by atoms with E-state index in [9.17, 15) is 0 Å². The topological polar surface area (TPSA) is 59.0 Å². The fraction of sp³-hybridized carbons (Fsp3) is 0.462. The first-order valence-electron chi connectivity index (χ1n) is 5.70. The van der Waals surface area contributed by atoms with E-state index >= 15 is 0 Å². The molecule has 1 unspecified atom stereocenters. The number of nitriles is 1. The molecule has 92 valence electrons. The Balaban J connectivity index is 2.47. The molecule has 1 aromatic carbocycles. The molecule has 1 atom stereocenters. The van der Waals surface area contributed by atoms with Gasteiger partial charge in [0.25, 0.3) is 0 Å². The van der Waals surface area contributed by atoms with Crippen LogP contribution in [0.5, 0.6) is 5.75 Å². The van der Waals surface area contributed by atoms with E-state index in [2.05, 4.69) is 6.07 Å². The molecule has 0 saturated heterocycles. The molecule has 0 saturated carbocycles. The minimum atomic E-state index is -0.0304. The molecular weight excluding hydrogens is 236 g/mol. The van der Waals surface area contributed by atoms with Gasteiger partial charge < -0.3 is 10.5 Å². The first-order valence-corrected chi connectivity index (χ1v) is 6.07. The summed E-state index contributed by atoms with van der Waals surface area (Å²) in [7, 11) is 0. The molecule has 0 fully saturated rings. The van der Waals surface area contributed by atoms with Gasteiger partial charge >= 0.3 is 0 Å². The molecule has 1 rings (SSSR count). The van der Waals surface area contributed by atoms with Gasteiger partial charge in [0.2, 0.25) is 0 Å². The van der Waals surface area contributed by atoms with Crippen molar-refractivity contribution >= 4 is 11.6 Å². The minimum Gasteiger partial charge on any atom is -0.492 e. The second-order valence-corrected chi connectivity index (χ2v) is 4.35. The standard InChI is InChI=1S/C13H17ClN2O/c1-10(16)11-5-6-13(12(14)9-11)17-8-4-2-3-7-15/h5-6,9-10H,2-4,8,16H2,1H3. The van der Waals surface area contributed by atoms with E-state index in [1.54, 1.807) is 0 Å². The summed E-state index contributed by atoms with van der Waals surface area (Å²) in [6.07, 6.45) is 2.28. The van der Waals surface area contributed by atoms with Crippen LogP contribution in [0.15, 0.2) is 18.2 Å². The van der Waals surface area contributed by atoms with Crippen LogP contribution in [0.2, 0.25) is 5.02 Å². The van der Waals surface area contributed by atoms with E-state index in [1.807, 2.05) is 25.1 Å². The fourth-order valence-electron chi connectivity index (χ4n) is 1.41. The molecule has 0 spiro atoms. The summed E-state index contributed by atoms with van der Waals surface area (Å²) in [5, 5.41) is 8.97. The zero-order valence-electron chi connectivity index (χ0n) is 9.95. The lowest BCUT2D eigenvalue weighted by molar-refractivity contribution is 0.307. The van der Waals surface area contributed by atoms with Gasteiger partial charge in [-0.25, -0.2) is 0 Å². The molecule has 3 nitrogen and oxygen atoms in total. The van der Waals surface area contributed by atoms with Gasteiger partial charge in [-0.05, 0) is 37.5 Å². The summed E-state index contributed by atoms with van der Waals surface area (Å²) < 4.78 is 5.54. The van der Waals surface area contributed by atoms with Gasteiger partial charge in [-0.15, -0.1) is 0 Å². The molecule has 0 aliphatic rings. The number of rotatable bonds is 6. The van der Waals surface area contributed by atoms with E-state index in [4.69, 9.17) is 27.3 Å². The Hall–Kier alpha value is -1.24. The number of nitrogens with two attached hydrogens (primary N) is 1. The highest BCUT2D eigenvalue weighted by Crippen LogP contribution is 2.27. The van der Waals surface area contributed by atoms with Gasteiger partial charge in [-0.3, -0.25) is 0 Å². The van der Waals surface area contributed by atoms with Gasteiger partial charge in [-0.1, -0.05) is 17.7 Å². The average Bonchev–Trinajstić information content (AvgIpc) is 2.30. The molecule has 2 N–H and O–H groups in total. The third-order valence-electron chi connectivity index (χ3n) is 2.42. The van der Waals surface area contributed by atoms with Gasteiger partial charge in [0.1, 0.15) is 5.75 Å². The second kappa shape index (κ2) is 7.16.